The molecule has 1 rings (SSSR count). The van der Waals surface area contributed by atoms with Crippen LogP contribution in [0.15, 0.2) is 28.7 Å². The van der Waals surface area contributed by atoms with E-state index in [-0.39, 0.29) is 24.3 Å². The van der Waals surface area contributed by atoms with Gasteiger partial charge in [0.1, 0.15) is 0 Å². The van der Waals surface area contributed by atoms with Gasteiger partial charge in [-0.1, -0.05) is 28.1 Å². The number of benzene rings is 1. The third-order valence-corrected chi connectivity index (χ3v) is 3.47. The van der Waals surface area contributed by atoms with Gasteiger partial charge in [-0.25, -0.2) is 0 Å². The maximum absolute atomic E-state index is 12.0. The molecule has 0 aliphatic heterocycles. The van der Waals surface area contributed by atoms with Crippen molar-refractivity contribution in [2.75, 3.05) is 0 Å². The van der Waals surface area contributed by atoms with E-state index in [0.29, 0.717) is 6.42 Å². The Morgan fingerprint density at radius 2 is 1.84 bits per heavy atom. The molecule has 104 valence electrons. The molecule has 0 bridgehead atoms. The monoisotopic (exact) mass is 327 g/mol. The highest BCUT2D eigenvalue weighted by atomic mass is 79.9. The van der Waals surface area contributed by atoms with Crippen molar-refractivity contribution in [1.82, 2.24) is 5.32 Å². The number of carbonyl (C=O) groups excluding carboxylic acids is 1. The van der Waals surface area contributed by atoms with Crippen molar-refractivity contribution in [3.05, 3.63) is 34.3 Å². The average Bonchev–Trinajstić information content (AvgIpc) is 2.36. The molecular weight excluding hydrogens is 310 g/mol. The summed E-state index contributed by atoms with van der Waals surface area (Å²) in [5, 5.41) is 11.4. The smallest absolute Gasteiger partial charge is 0.303 e. The molecule has 1 aromatic carbocycles. The topological polar surface area (TPSA) is 66.4 Å². The van der Waals surface area contributed by atoms with Crippen molar-refractivity contribution in [2.45, 2.75) is 38.6 Å². The highest BCUT2D eigenvalue weighted by molar-refractivity contribution is 9.10. The van der Waals surface area contributed by atoms with Crippen molar-refractivity contribution >= 4 is 27.8 Å². The average molecular weight is 328 g/mol. The number of carbonyl (C=O) groups is 2. The van der Waals surface area contributed by atoms with Crippen LogP contribution in [0.2, 0.25) is 0 Å². The lowest BCUT2D eigenvalue weighted by Crippen LogP contribution is -2.35. The van der Waals surface area contributed by atoms with E-state index < -0.39 is 5.97 Å². The first-order valence-corrected chi connectivity index (χ1v) is 6.97. The van der Waals surface area contributed by atoms with Crippen LogP contribution in [-0.4, -0.2) is 23.0 Å². The molecule has 0 fully saturated rings. The zero-order valence-corrected chi connectivity index (χ0v) is 12.6. The number of hydrogen-bond acceptors (Lipinski definition) is 2. The second-order valence-corrected chi connectivity index (χ2v) is 5.53. The molecule has 0 aliphatic carbocycles. The summed E-state index contributed by atoms with van der Waals surface area (Å²) in [6.07, 6.45) is 0.502. The summed E-state index contributed by atoms with van der Waals surface area (Å²) in [7, 11) is 0. The highest BCUT2D eigenvalue weighted by Gasteiger charge is 2.17. The van der Waals surface area contributed by atoms with Crippen LogP contribution in [0.4, 0.5) is 0 Å². The molecule has 0 radical (unpaired) electrons. The van der Waals surface area contributed by atoms with Crippen LogP contribution in [0.3, 0.4) is 0 Å². The van der Waals surface area contributed by atoms with E-state index in [4.69, 9.17) is 5.11 Å². The van der Waals surface area contributed by atoms with Gasteiger partial charge in [-0.3, -0.25) is 9.59 Å². The molecular formula is C14H18BrNO3. The van der Waals surface area contributed by atoms with Gasteiger partial charge in [0.05, 0.1) is 5.92 Å². The molecule has 0 aromatic heterocycles. The molecule has 0 saturated heterocycles. The van der Waals surface area contributed by atoms with Gasteiger partial charge in [0.15, 0.2) is 0 Å². The van der Waals surface area contributed by atoms with Crippen LogP contribution in [0.1, 0.15) is 38.2 Å². The van der Waals surface area contributed by atoms with Crippen molar-refractivity contribution < 1.29 is 14.7 Å². The molecule has 2 N–H and O–H groups in total. The summed E-state index contributed by atoms with van der Waals surface area (Å²) in [5.74, 6) is -1.18. The number of aliphatic carboxylic acids is 1. The largest absolute Gasteiger partial charge is 0.481 e. The van der Waals surface area contributed by atoms with Gasteiger partial charge in [0, 0.05) is 16.9 Å². The third kappa shape index (κ3) is 5.42. The fourth-order valence-electron chi connectivity index (χ4n) is 1.68. The first-order chi connectivity index (χ1) is 8.90. The summed E-state index contributed by atoms with van der Waals surface area (Å²) < 4.78 is 0.971. The Bertz CT molecular complexity index is 445. The van der Waals surface area contributed by atoms with E-state index in [1.807, 2.05) is 38.1 Å². The molecule has 1 amide bonds. The van der Waals surface area contributed by atoms with Crippen LogP contribution in [0, 0.1) is 0 Å². The standard InChI is InChI=1S/C14H18BrNO3/c1-9(3-8-13(17)18)16-14(19)10(2)11-4-6-12(15)7-5-11/h4-7,9-10H,3,8H2,1-2H3,(H,16,19)(H,17,18). The Kier molecular flexibility index (Phi) is 6.02. The van der Waals surface area contributed by atoms with Gasteiger partial charge in [0.2, 0.25) is 5.91 Å². The fraction of sp³-hybridized carbons (Fsp3) is 0.429. The van der Waals surface area contributed by atoms with Gasteiger partial charge >= 0.3 is 5.97 Å². The van der Waals surface area contributed by atoms with E-state index in [0.717, 1.165) is 10.0 Å². The van der Waals surface area contributed by atoms with Gasteiger partial charge in [0.25, 0.3) is 0 Å². The Labute approximate surface area is 121 Å². The maximum Gasteiger partial charge on any atom is 0.303 e. The minimum absolute atomic E-state index is 0.0636. The van der Waals surface area contributed by atoms with Gasteiger partial charge < -0.3 is 10.4 Å². The second kappa shape index (κ2) is 7.28. The minimum Gasteiger partial charge on any atom is -0.481 e. The Balaban J connectivity index is 2.52. The van der Waals surface area contributed by atoms with Gasteiger partial charge in [-0.2, -0.15) is 0 Å². The maximum atomic E-state index is 12.0. The number of halogens is 1. The quantitative estimate of drug-likeness (QED) is 0.844. The fourth-order valence-corrected chi connectivity index (χ4v) is 1.95. The number of nitrogens with one attached hydrogen (secondary N) is 1. The predicted octanol–water partition coefficient (Wildman–Crippen LogP) is 2.92. The molecule has 5 heteroatoms. The van der Waals surface area contributed by atoms with E-state index in [9.17, 15) is 9.59 Å². The van der Waals surface area contributed by atoms with Crippen LogP contribution in [0.5, 0.6) is 0 Å². The Hall–Kier alpha value is -1.36. The highest BCUT2D eigenvalue weighted by Crippen LogP contribution is 2.18. The molecule has 0 aliphatic rings. The summed E-state index contributed by atoms with van der Waals surface area (Å²) in [4.78, 5) is 22.5. The number of amides is 1. The zero-order valence-electron chi connectivity index (χ0n) is 11.0. The summed E-state index contributed by atoms with van der Waals surface area (Å²) >= 11 is 3.35. The number of hydrogen-bond donors (Lipinski definition) is 2. The van der Waals surface area contributed by atoms with Crippen molar-refractivity contribution in [3.63, 3.8) is 0 Å². The third-order valence-electron chi connectivity index (χ3n) is 2.94. The second-order valence-electron chi connectivity index (χ2n) is 4.62. The predicted molar refractivity (Wildman–Crippen MR) is 77.0 cm³/mol. The van der Waals surface area contributed by atoms with Crippen LogP contribution in [0.25, 0.3) is 0 Å². The first kappa shape index (κ1) is 15.7. The normalized spacial score (nSPS) is 13.6. The Morgan fingerprint density at radius 1 is 1.26 bits per heavy atom. The van der Waals surface area contributed by atoms with Crippen molar-refractivity contribution in [3.8, 4) is 0 Å². The zero-order chi connectivity index (χ0) is 14.4. The lowest BCUT2D eigenvalue weighted by atomic mass is 10.00. The molecule has 2 atom stereocenters. The molecule has 4 nitrogen and oxygen atoms in total. The van der Waals surface area contributed by atoms with Crippen LogP contribution < -0.4 is 5.32 Å². The molecule has 2 unspecified atom stereocenters. The van der Waals surface area contributed by atoms with E-state index >= 15 is 0 Å². The van der Waals surface area contributed by atoms with E-state index in [1.54, 1.807) is 0 Å². The summed E-state index contributed by atoms with van der Waals surface area (Å²) in [6, 6.07) is 7.45. The Morgan fingerprint density at radius 3 is 2.37 bits per heavy atom. The van der Waals surface area contributed by atoms with Crippen molar-refractivity contribution in [1.29, 1.82) is 0 Å². The molecule has 0 heterocycles. The van der Waals surface area contributed by atoms with Crippen LogP contribution in [-0.2, 0) is 9.59 Å². The van der Waals surface area contributed by atoms with E-state index in [2.05, 4.69) is 21.2 Å². The van der Waals surface area contributed by atoms with Gasteiger partial charge in [-0.05, 0) is 38.0 Å². The number of carboxylic acid groups (broad SMARTS) is 1. The van der Waals surface area contributed by atoms with Gasteiger partial charge in [-0.15, -0.1) is 0 Å². The molecule has 19 heavy (non-hydrogen) atoms. The van der Waals surface area contributed by atoms with E-state index in [1.165, 1.54) is 0 Å². The summed E-state index contributed by atoms with van der Waals surface area (Å²) in [6.45, 7) is 3.65. The number of rotatable bonds is 6. The lowest BCUT2D eigenvalue weighted by Gasteiger charge is -2.17. The molecule has 1 aromatic rings. The number of carboxylic acids is 1. The lowest BCUT2D eigenvalue weighted by molar-refractivity contribution is -0.137. The van der Waals surface area contributed by atoms with Crippen molar-refractivity contribution in [2.24, 2.45) is 0 Å². The van der Waals surface area contributed by atoms with Crippen LogP contribution >= 0.6 is 15.9 Å². The molecule has 0 saturated carbocycles. The summed E-state index contributed by atoms with van der Waals surface area (Å²) in [5.41, 5.74) is 0.936. The first-order valence-electron chi connectivity index (χ1n) is 6.17. The minimum atomic E-state index is -0.845. The molecule has 0 spiro atoms. The SMILES string of the molecule is CC(CCC(=O)O)NC(=O)C(C)c1ccc(Br)cc1.